The number of fused-ring (bicyclic) bond motifs is 1. The standard InChI is InChI=1S/C12H12F2O6/c13-12(14,11(17)18)3-19-9(15)7-4-1-5-6(2-4)20-10(16)8(5)7/h4-8H,1-3H2,(H,17,18)/p-1. The Kier molecular flexibility index (Phi) is 2.74. The van der Waals surface area contributed by atoms with E-state index in [9.17, 15) is 28.3 Å². The van der Waals surface area contributed by atoms with Gasteiger partial charge in [0.05, 0.1) is 11.8 Å². The van der Waals surface area contributed by atoms with Gasteiger partial charge in [0.1, 0.15) is 12.1 Å². The molecule has 110 valence electrons. The molecule has 5 unspecified atom stereocenters. The third-order valence-corrected chi connectivity index (χ3v) is 4.45. The molecule has 3 fully saturated rings. The topological polar surface area (TPSA) is 92.7 Å². The van der Waals surface area contributed by atoms with Crippen LogP contribution in [-0.2, 0) is 23.9 Å². The summed E-state index contributed by atoms with van der Waals surface area (Å²) in [5.41, 5.74) is 0. The quantitative estimate of drug-likeness (QED) is 0.623. The molecule has 1 saturated heterocycles. The Bertz CT molecular complexity index is 488. The van der Waals surface area contributed by atoms with E-state index in [0.717, 1.165) is 0 Å². The van der Waals surface area contributed by atoms with Crippen molar-refractivity contribution in [3.05, 3.63) is 0 Å². The van der Waals surface area contributed by atoms with Crippen LogP contribution < -0.4 is 5.11 Å². The van der Waals surface area contributed by atoms with E-state index < -0.39 is 42.3 Å². The molecule has 0 spiro atoms. The van der Waals surface area contributed by atoms with Crippen molar-refractivity contribution in [2.75, 3.05) is 6.61 Å². The van der Waals surface area contributed by atoms with Crippen LogP contribution >= 0.6 is 0 Å². The maximum atomic E-state index is 12.8. The van der Waals surface area contributed by atoms with Gasteiger partial charge in [0.25, 0.3) is 0 Å². The molecule has 0 N–H and O–H groups in total. The average Bonchev–Trinajstić information content (AvgIpc) is 2.96. The van der Waals surface area contributed by atoms with Crippen LogP contribution in [0.3, 0.4) is 0 Å². The number of alkyl halides is 2. The highest BCUT2D eigenvalue weighted by molar-refractivity contribution is 5.86. The van der Waals surface area contributed by atoms with E-state index in [0.29, 0.717) is 12.8 Å². The molecule has 8 heteroatoms. The number of rotatable bonds is 4. The van der Waals surface area contributed by atoms with Crippen molar-refractivity contribution < 1.29 is 37.7 Å². The second kappa shape index (κ2) is 4.13. The van der Waals surface area contributed by atoms with Gasteiger partial charge in [-0.1, -0.05) is 0 Å². The summed E-state index contributed by atoms with van der Waals surface area (Å²) in [6.45, 7) is -1.58. The molecule has 0 amide bonds. The SMILES string of the molecule is O=C(OCC(F)(F)C(=O)[O-])C1C2CC3OC(=O)C1C3C2. The smallest absolute Gasteiger partial charge is 0.320 e. The molecule has 0 radical (unpaired) electrons. The van der Waals surface area contributed by atoms with Gasteiger partial charge in [-0.25, -0.2) is 0 Å². The first-order chi connectivity index (χ1) is 9.31. The molecule has 1 aliphatic heterocycles. The van der Waals surface area contributed by atoms with Crippen molar-refractivity contribution in [2.45, 2.75) is 24.9 Å². The average molecular weight is 289 g/mol. The van der Waals surface area contributed by atoms with E-state index in [1.165, 1.54) is 0 Å². The first-order valence-corrected chi connectivity index (χ1v) is 6.27. The molecule has 3 aliphatic rings. The number of halogens is 2. The van der Waals surface area contributed by atoms with Gasteiger partial charge in [0.15, 0.2) is 6.61 Å². The van der Waals surface area contributed by atoms with E-state index in [-0.39, 0.29) is 17.9 Å². The van der Waals surface area contributed by atoms with Crippen molar-refractivity contribution in [3.63, 3.8) is 0 Å². The Morgan fingerprint density at radius 3 is 2.75 bits per heavy atom. The molecule has 2 saturated carbocycles. The zero-order valence-electron chi connectivity index (χ0n) is 10.2. The molecule has 0 aromatic heterocycles. The van der Waals surface area contributed by atoms with Crippen LogP contribution in [0, 0.1) is 23.7 Å². The van der Waals surface area contributed by atoms with Crippen LogP contribution in [0.25, 0.3) is 0 Å². The predicted octanol–water partition coefficient (Wildman–Crippen LogP) is -0.888. The van der Waals surface area contributed by atoms with E-state index in [2.05, 4.69) is 4.74 Å². The van der Waals surface area contributed by atoms with Crippen molar-refractivity contribution in [3.8, 4) is 0 Å². The van der Waals surface area contributed by atoms with Gasteiger partial charge in [-0.05, 0) is 18.8 Å². The summed E-state index contributed by atoms with van der Waals surface area (Å²) in [4.78, 5) is 33.6. The number of carboxylic acids is 1. The minimum absolute atomic E-state index is 0.0494. The number of aliphatic carboxylic acids is 1. The van der Waals surface area contributed by atoms with Crippen LogP contribution in [-0.4, -0.2) is 36.5 Å². The lowest BCUT2D eigenvalue weighted by atomic mass is 9.80. The molecule has 5 atom stereocenters. The van der Waals surface area contributed by atoms with Gasteiger partial charge in [-0.15, -0.1) is 0 Å². The Morgan fingerprint density at radius 1 is 1.40 bits per heavy atom. The third-order valence-electron chi connectivity index (χ3n) is 4.45. The molecule has 1 heterocycles. The number of ether oxygens (including phenoxy) is 2. The number of carbonyl (C=O) groups is 3. The summed E-state index contributed by atoms with van der Waals surface area (Å²) in [7, 11) is 0. The number of carbonyl (C=O) groups excluding carboxylic acids is 3. The highest BCUT2D eigenvalue weighted by Crippen LogP contribution is 2.57. The van der Waals surface area contributed by atoms with E-state index in [4.69, 9.17) is 4.74 Å². The zero-order chi connectivity index (χ0) is 14.7. The minimum atomic E-state index is -4.23. The number of hydrogen-bond acceptors (Lipinski definition) is 6. The normalized spacial score (nSPS) is 37.9. The maximum Gasteiger partial charge on any atom is 0.320 e. The number of carboxylic acid groups (broad SMARTS) is 1. The summed E-state index contributed by atoms with van der Waals surface area (Å²) >= 11 is 0. The molecule has 0 aromatic rings. The first kappa shape index (κ1) is 13.3. The molecule has 6 nitrogen and oxygen atoms in total. The molecule has 2 aliphatic carbocycles. The molecule has 0 aromatic carbocycles. The Balaban J connectivity index is 1.67. The lowest BCUT2D eigenvalue weighted by Gasteiger charge is -2.24. The lowest BCUT2D eigenvalue weighted by Crippen LogP contribution is -2.46. The van der Waals surface area contributed by atoms with Crippen LogP contribution in [0.1, 0.15) is 12.8 Å². The van der Waals surface area contributed by atoms with Gasteiger partial charge < -0.3 is 19.4 Å². The molecule has 2 bridgehead atoms. The van der Waals surface area contributed by atoms with Crippen molar-refractivity contribution in [1.82, 2.24) is 0 Å². The van der Waals surface area contributed by atoms with Gasteiger partial charge in [-0.2, -0.15) is 8.78 Å². The Labute approximate surface area is 112 Å². The Morgan fingerprint density at radius 2 is 2.10 bits per heavy atom. The molecule has 20 heavy (non-hydrogen) atoms. The minimum Gasteiger partial charge on any atom is -0.544 e. The summed E-state index contributed by atoms with van der Waals surface area (Å²) in [6.07, 6.45) is 0.993. The second-order valence-corrected chi connectivity index (χ2v) is 5.52. The predicted molar refractivity (Wildman–Crippen MR) is 54.0 cm³/mol. The van der Waals surface area contributed by atoms with Gasteiger partial charge in [0, 0.05) is 5.92 Å². The molecular formula is C12H11F2O6-. The fraction of sp³-hybridized carbons (Fsp3) is 0.750. The number of hydrogen-bond donors (Lipinski definition) is 0. The van der Waals surface area contributed by atoms with E-state index in [1.807, 2.05) is 0 Å². The van der Waals surface area contributed by atoms with Crippen LogP contribution in [0.2, 0.25) is 0 Å². The summed E-state index contributed by atoms with van der Waals surface area (Å²) in [5, 5.41) is 10.1. The lowest BCUT2D eigenvalue weighted by molar-refractivity contribution is -0.331. The number of esters is 2. The highest BCUT2D eigenvalue weighted by atomic mass is 19.3. The van der Waals surface area contributed by atoms with Crippen LogP contribution in [0.15, 0.2) is 0 Å². The van der Waals surface area contributed by atoms with Crippen LogP contribution in [0.4, 0.5) is 8.78 Å². The molecular weight excluding hydrogens is 278 g/mol. The van der Waals surface area contributed by atoms with Gasteiger partial charge in [-0.3, -0.25) is 9.59 Å². The zero-order valence-corrected chi connectivity index (χ0v) is 10.2. The first-order valence-electron chi connectivity index (χ1n) is 6.27. The van der Waals surface area contributed by atoms with Crippen molar-refractivity contribution in [2.24, 2.45) is 23.7 Å². The Hall–Kier alpha value is -1.73. The highest BCUT2D eigenvalue weighted by Gasteiger charge is 2.64. The summed E-state index contributed by atoms with van der Waals surface area (Å²) in [6, 6.07) is 0. The van der Waals surface area contributed by atoms with Crippen molar-refractivity contribution in [1.29, 1.82) is 0 Å². The van der Waals surface area contributed by atoms with Crippen molar-refractivity contribution >= 4 is 17.9 Å². The third kappa shape index (κ3) is 1.77. The van der Waals surface area contributed by atoms with E-state index >= 15 is 0 Å². The van der Waals surface area contributed by atoms with Gasteiger partial charge >= 0.3 is 17.9 Å². The fourth-order valence-corrected chi connectivity index (χ4v) is 3.64. The summed E-state index contributed by atoms with van der Waals surface area (Å²) < 4.78 is 35.1. The van der Waals surface area contributed by atoms with E-state index in [1.54, 1.807) is 0 Å². The monoisotopic (exact) mass is 289 g/mol. The maximum absolute atomic E-state index is 12.8. The second-order valence-electron chi connectivity index (χ2n) is 5.52. The van der Waals surface area contributed by atoms with Crippen LogP contribution in [0.5, 0.6) is 0 Å². The fourth-order valence-electron chi connectivity index (χ4n) is 3.64. The largest absolute Gasteiger partial charge is 0.544 e. The van der Waals surface area contributed by atoms with Gasteiger partial charge in [0.2, 0.25) is 0 Å². The molecule has 3 rings (SSSR count). The summed E-state index contributed by atoms with van der Waals surface area (Å²) in [5.74, 6) is -9.89.